The van der Waals surface area contributed by atoms with E-state index < -0.39 is 27.0 Å². The van der Waals surface area contributed by atoms with Crippen LogP contribution < -0.4 is 4.74 Å². The standard InChI is InChI=1S/C26H28O5S/c1-19-9-15-23(16-10-19)32(28,29)24(17-18-25(27)31-3)26(20-7-5-4-6-8-20)21-11-13-22(30-2)14-12-21/h4-16,24,26H,17-18H2,1-3H3/t24-,26+/m1/s1. The number of ether oxygens (including phenoxy) is 2. The van der Waals surface area contributed by atoms with E-state index in [0.29, 0.717) is 5.75 Å². The summed E-state index contributed by atoms with van der Waals surface area (Å²) in [5.74, 6) is -0.221. The van der Waals surface area contributed by atoms with Gasteiger partial charge in [0.25, 0.3) is 0 Å². The molecule has 0 spiro atoms. The summed E-state index contributed by atoms with van der Waals surface area (Å²) in [5, 5.41) is -0.861. The van der Waals surface area contributed by atoms with Crippen LogP contribution in [-0.2, 0) is 19.4 Å². The molecule has 3 aromatic carbocycles. The number of esters is 1. The summed E-state index contributed by atoms with van der Waals surface area (Å²) in [7, 11) is -0.874. The van der Waals surface area contributed by atoms with Crippen molar-refractivity contribution in [1.29, 1.82) is 0 Å². The zero-order chi connectivity index (χ0) is 23.1. The van der Waals surface area contributed by atoms with Crippen molar-refractivity contribution in [1.82, 2.24) is 0 Å². The van der Waals surface area contributed by atoms with E-state index >= 15 is 0 Å². The van der Waals surface area contributed by atoms with Crippen LogP contribution in [0.4, 0.5) is 0 Å². The molecule has 0 N–H and O–H groups in total. The molecular weight excluding hydrogens is 424 g/mol. The molecule has 0 amide bonds. The summed E-state index contributed by atoms with van der Waals surface area (Å²) < 4.78 is 37.8. The number of hydrogen-bond acceptors (Lipinski definition) is 5. The molecule has 0 aromatic heterocycles. The van der Waals surface area contributed by atoms with Gasteiger partial charge in [-0.15, -0.1) is 0 Å². The molecule has 0 aliphatic rings. The van der Waals surface area contributed by atoms with Crippen LogP contribution in [0.25, 0.3) is 0 Å². The highest BCUT2D eigenvalue weighted by atomic mass is 32.2. The van der Waals surface area contributed by atoms with Crippen LogP contribution in [0.15, 0.2) is 83.8 Å². The van der Waals surface area contributed by atoms with Crippen molar-refractivity contribution < 1.29 is 22.7 Å². The number of sulfone groups is 1. The summed E-state index contributed by atoms with van der Waals surface area (Å²) in [4.78, 5) is 12.2. The maximum absolute atomic E-state index is 13.9. The van der Waals surface area contributed by atoms with Gasteiger partial charge in [0.1, 0.15) is 5.75 Å². The smallest absolute Gasteiger partial charge is 0.305 e. The number of rotatable bonds is 9. The number of benzene rings is 3. The maximum Gasteiger partial charge on any atom is 0.305 e. The molecule has 3 aromatic rings. The van der Waals surface area contributed by atoms with Crippen LogP contribution in [0.1, 0.15) is 35.4 Å². The highest BCUT2D eigenvalue weighted by Gasteiger charge is 2.37. The lowest BCUT2D eigenvalue weighted by Crippen LogP contribution is -2.30. The predicted octanol–water partition coefficient (Wildman–Crippen LogP) is 4.93. The van der Waals surface area contributed by atoms with Crippen LogP contribution in [0.2, 0.25) is 0 Å². The normalized spacial score (nSPS) is 13.2. The van der Waals surface area contributed by atoms with Crippen LogP contribution in [0.5, 0.6) is 5.75 Å². The van der Waals surface area contributed by atoms with Gasteiger partial charge in [-0.3, -0.25) is 4.79 Å². The van der Waals surface area contributed by atoms with Crippen molar-refractivity contribution in [2.75, 3.05) is 14.2 Å². The Hall–Kier alpha value is -3.12. The Morgan fingerprint density at radius 3 is 2.00 bits per heavy atom. The van der Waals surface area contributed by atoms with E-state index in [1.807, 2.05) is 61.5 Å². The predicted molar refractivity (Wildman–Crippen MR) is 125 cm³/mol. The number of hydrogen-bond donors (Lipinski definition) is 0. The first kappa shape index (κ1) is 23.5. The highest BCUT2D eigenvalue weighted by molar-refractivity contribution is 7.92. The van der Waals surface area contributed by atoms with E-state index in [9.17, 15) is 13.2 Å². The average molecular weight is 453 g/mol. The zero-order valence-electron chi connectivity index (χ0n) is 18.5. The van der Waals surface area contributed by atoms with Gasteiger partial charge in [-0.25, -0.2) is 8.42 Å². The molecule has 0 saturated heterocycles. The van der Waals surface area contributed by atoms with E-state index in [0.717, 1.165) is 16.7 Å². The molecule has 5 nitrogen and oxygen atoms in total. The minimum absolute atomic E-state index is 0.00570. The van der Waals surface area contributed by atoms with Crippen LogP contribution in [0.3, 0.4) is 0 Å². The second-order valence-electron chi connectivity index (χ2n) is 7.67. The van der Waals surface area contributed by atoms with E-state index in [1.165, 1.54) is 7.11 Å². The third-order valence-corrected chi connectivity index (χ3v) is 7.85. The van der Waals surface area contributed by atoms with Gasteiger partial charge in [0, 0.05) is 12.3 Å². The van der Waals surface area contributed by atoms with Crippen molar-refractivity contribution in [3.05, 3.63) is 95.6 Å². The molecule has 0 bridgehead atoms. The second kappa shape index (κ2) is 10.5. The molecular formula is C26H28O5S. The average Bonchev–Trinajstić information content (AvgIpc) is 2.82. The van der Waals surface area contributed by atoms with E-state index in [1.54, 1.807) is 31.4 Å². The number of carbonyl (C=O) groups is 1. The number of aryl methyl sites for hydroxylation is 1. The molecule has 0 unspecified atom stereocenters. The molecule has 2 atom stereocenters. The zero-order valence-corrected chi connectivity index (χ0v) is 19.3. The fourth-order valence-electron chi connectivity index (χ4n) is 3.86. The molecule has 6 heteroatoms. The van der Waals surface area contributed by atoms with E-state index in [2.05, 4.69) is 0 Å². The molecule has 168 valence electrons. The van der Waals surface area contributed by atoms with Crippen LogP contribution in [0, 0.1) is 6.92 Å². The van der Waals surface area contributed by atoms with E-state index in [-0.39, 0.29) is 17.7 Å². The summed E-state index contributed by atoms with van der Waals surface area (Å²) >= 11 is 0. The molecule has 0 aliphatic carbocycles. The van der Waals surface area contributed by atoms with Gasteiger partial charge < -0.3 is 9.47 Å². The van der Waals surface area contributed by atoms with Crippen molar-refractivity contribution in [2.24, 2.45) is 0 Å². The van der Waals surface area contributed by atoms with Crippen molar-refractivity contribution in [2.45, 2.75) is 35.8 Å². The quantitative estimate of drug-likeness (QED) is 0.431. The van der Waals surface area contributed by atoms with Crippen molar-refractivity contribution >= 4 is 15.8 Å². The lowest BCUT2D eigenvalue weighted by molar-refractivity contribution is -0.140. The van der Waals surface area contributed by atoms with Crippen LogP contribution >= 0.6 is 0 Å². The third kappa shape index (κ3) is 5.37. The Labute approximate surface area is 189 Å². The van der Waals surface area contributed by atoms with Gasteiger partial charge >= 0.3 is 5.97 Å². The van der Waals surface area contributed by atoms with Gasteiger partial charge in [-0.2, -0.15) is 0 Å². The minimum atomic E-state index is -3.77. The summed E-state index contributed by atoms with van der Waals surface area (Å²) in [5.41, 5.74) is 2.68. The first-order chi connectivity index (χ1) is 15.4. The van der Waals surface area contributed by atoms with Gasteiger partial charge in [0.05, 0.1) is 24.4 Å². The van der Waals surface area contributed by atoms with Crippen LogP contribution in [-0.4, -0.2) is 33.9 Å². The molecule has 32 heavy (non-hydrogen) atoms. The third-order valence-electron chi connectivity index (χ3n) is 5.61. The summed E-state index contributed by atoms with van der Waals surface area (Å²) in [6.07, 6.45) is 0.139. The van der Waals surface area contributed by atoms with Crippen molar-refractivity contribution in [3.63, 3.8) is 0 Å². The SMILES string of the molecule is COC(=O)CC[C@H]([C@@H](c1ccccc1)c1ccc(OC)cc1)S(=O)(=O)c1ccc(C)cc1. The molecule has 0 fully saturated rings. The number of carbonyl (C=O) groups excluding carboxylic acids is 1. The van der Waals surface area contributed by atoms with Gasteiger partial charge in [-0.05, 0) is 48.7 Å². The Bertz CT molecular complexity index is 1120. The van der Waals surface area contributed by atoms with Gasteiger partial charge in [-0.1, -0.05) is 60.2 Å². The molecule has 0 saturated carbocycles. The highest BCUT2D eigenvalue weighted by Crippen LogP contribution is 2.37. The largest absolute Gasteiger partial charge is 0.497 e. The molecule has 3 rings (SSSR count). The second-order valence-corrected chi connectivity index (χ2v) is 9.84. The molecule has 0 radical (unpaired) electrons. The first-order valence-corrected chi connectivity index (χ1v) is 12.0. The molecule has 0 aliphatic heterocycles. The lowest BCUT2D eigenvalue weighted by atomic mass is 9.86. The van der Waals surface area contributed by atoms with Gasteiger partial charge in [0.15, 0.2) is 9.84 Å². The lowest BCUT2D eigenvalue weighted by Gasteiger charge is -2.28. The fraction of sp³-hybridized carbons (Fsp3) is 0.269. The van der Waals surface area contributed by atoms with Crippen molar-refractivity contribution in [3.8, 4) is 5.75 Å². The first-order valence-electron chi connectivity index (χ1n) is 10.4. The Morgan fingerprint density at radius 2 is 1.44 bits per heavy atom. The number of methoxy groups -OCH3 is 2. The Kier molecular flexibility index (Phi) is 7.70. The summed E-state index contributed by atoms with van der Waals surface area (Å²) in [6.45, 7) is 1.91. The summed E-state index contributed by atoms with van der Waals surface area (Å²) in [6, 6.07) is 23.8. The fourth-order valence-corrected chi connectivity index (χ4v) is 5.83. The van der Waals surface area contributed by atoms with Gasteiger partial charge in [0.2, 0.25) is 0 Å². The Balaban J connectivity index is 2.15. The minimum Gasteiger partial charge on any atom is -0.497 e. The maximum atomic E-state index is 13.9. The topological polar surface area (TPSA) is 69.7 Å². The Morgan fingerprint density at radius 1 is 0.844 bits per heavy atom. The monoisotopic (exact) mass is 452 g/mol. The van der Waals surface area contributed by atoms with E-state index in [4.69, 9.17) is 9.47 Å². The molecule has 0 heterocycles.